The fraction of sp³-hybridized carbons (Fsp3) is 0.857. The van der Waals surface area contributed by atoms with Crippen LogP contribution in [0.4, 0.5) is 0 Å². The minimum atomic E-state index is -0.972. The highest BCUT2D eigenvalue weighted by Gasteiger charge is 2.17. The highest BCUT2D eigenvalue weighted by atomic mass is 17.2. The van der Waals surface area contributed by atoms with Crippen molar-refractivity contribution in [2.24, 2.45) is 0 Å². The first-order chi connectivity index (χ1) is 5.22. The van der Waals surface area contributed by atoms with Crippen molar-refractivity contribution in [3.8, 4) is 0 Å². The molecule has 0 aromatic carbocycles. The minimum absolute atomic E-state index is 0.369. The number of carboxylic acids is 1. The van der Waals surface area contributed by atoms with Gasteiger partial charge in [0.05, 0.1) is 6.61 Å². The summed E-state index contributed by atoms with van der Waals surface area (Å²) in [5.74, 6) is -0.972. The van der Waals surface area contributed by atoms with Crippen molar-refractivity contribution in [2.75, 3.05) is 6.61 Å². The van der Waals surface area contributed by atoms with E-state index in [0.717, 1.165) is 6.42 Å². The van der Waals surface area contributed by atoms with Crippen molar-refractivity contribution in [3.05, 3.63) is 0 Å². The summed E-state index contributed by atoms with van der Waals surface area (Å²) in [6, 6.07) is 0. The molecule has 1 atom stereocenters. The van der Waals surface area contributed by atoms with Crippen LogP contribution in [0.25, 0.3) is 0 Å². The summed E-state index contributed by atoms with van der Waals surface area (Å²) in [5, 5.41) is 8.53. The SMILES string of the molecule is CCCC(OOCC)C(=O)O. The second-order valence-electron chi connectivity index (χ2n) is 2.12. The molecule has 0 saturated carbocycles. The molecule has 0 bridgehead atoms. The molecular formula is C7H14O4. The van der Waals surface area contributed by atoms with Gasteiger partial charge in [0.15, 0.2) is 6.10 Å². The van der Waals surface area contributed by atoms with E-state index in [0.29, 0.717) is 13.0 Å². The second kappa shape index (κ2) is 6.12. The smallest absolute Gasteiger partial charge is 0.336 e. The first-order valence-corrected chi connectivity index (χ1v) is 3.73. The summed E-state index contributed by atoms with van der Waals surface area (Å²) in [5.41, 5.74) is 0. The van der Waals surface area contributed by atoms with E-state index in [1.807, 2.05) is 6.92 Å². The van der Waals surface area contributed by atoms with Crippen molar-refractivity contribution >= 4 is 5.97 Å². The van der Waals surface area contributed by atoms with Gasteiger partial charge in [-0.25, -0.2) is 14.6 Å². The zero-order chi connectivity index (χ0) is 8.69. The number of carbonyl (C=O) groups is 1. The quantitative estimate of drug-likeness (QED) is 0.471. The van der Waals surface area contributed by atoms with E-state index >= 15 is 0 Å². The Morgan fingerprint density at radius 3 is 2.55 bits per heavy atom. The molecule has 1 unspecified atom stereocenters. The molecule has 0 aliphatic heterocycles. The monoisotopic (exact) mass is 162 g/mol. The first kappa shape index (κ1) is 10.4. The van der Waals surface area contributed by atoms with Crippen LogP contribution in [-0.4, -0.2) is 23.8 Å². The van der Waals surface area contributed by atoms with E-state index in [2.05, 4.69) is 9.78 Å². The maximum atomic E-state index is 10.4. The molecule has 0 aromatic heterocycles. The lowest BCUT2D eigenvalue weighted by Crippen LogP contribution is -2.23. The van der Waals surface area contributed by atoms with Gasteiger partial charge >= 0.3 is 5.97 Å². The van der Waals surface area contributed by atoms with Gasteiger partial charge in [0.2, 0.25) is 0 Å². The van der Waals surface area contributed by atoms with Crippen molar-refractivity contribution < 1.29 is 19.7 Å². The highest BCUT2D eigenvalue weighted by Crippen LogP contribution is 2.02. The van der Waals surface area contributed by atoms with Crippen molar-refractivity contribution in [3.63, 3.8) is 0 Å². The molecule has 4 heteroatoms. The van der Waals surface area contributed by atoms with Gasteiger partial charge in [-0.05, 0) is 13.3 Å². The third kappa shape index (κ3) is 4.75. The van der Waals surface area contributed by atoms with Gasteiger partial charge in [0.25, 0.3) is 0 Å². The van der Waals surface area contributed by atoms with E-state index in [-0.39, 0.29) is 0 Å². The molecule has 0 radical (unpaired) electrons. The van der Waals surface area contributed by atoms with Gasteiger partial charge in [0, 0.05) is 0 Å². The zero-order valence-corrected chi connectivity index (χ0v) is 6.87. The Hall–Kier alpha value is -0.610. The molecule has 0 aliphatic carbocycles. The third-order valence-corrected chi connectivity index (χ3v) is 1.13. The summed E-state index contributed by atoms with van der Waals surface area (Å²) < 4.78 is 0. The average molecular weight is 162 g/mol. The molecular weight excluding hydrogens is 148 g/mol. The van der Waals surface area contributed by atoms with E-state index in [9.17, 15) is 4.79 Å². The first-order valence-electron chi connectivity index (χ1n) is 3.73. The fourth-order valence-electron chi connectivity index (χ4n) is 0.625. The lowest BCUT2D eigenvalue weighted by Gasteiger charge is -2.09. The van der Waals surface area contributed by atoms with Gasteiger partial charge in [-0.1, -0.05) is 13.3 Å². The van der Waals surface area contributed by atoms with E-state index in [1.165, 1.54) is 0 Å². The molecule has 11 heavy (non-hydrogen) atoms. The maximum absolute atomic E-state index is 10.4. The minimum Gasteiger partial charge on any atom is -0.479 e. The summed E-state index contributed by atoms with van der Waals surface area (Å²) >= 11 is 0. The summed E-state index contributed by atoms with van der Waals surface area (Å²) in [6.07, 6.45) is 0.430. The Morgan fingerprint density at radius 2 is 2.18 bits per heavy atom. The Balaban J connectivity index is 3.60. The van der Waals surface area contributed by atoms with Crippen LogP contribution in [0.3, 0.4) is 0 Å². The molecule has 1 N–H and O–H groups in total. The number of hydrogen-bond acceptors (Lipinski definition) is 3. The van der Waals surface area contributed by atoms with E-state index in [1.54, 1.807) is 6.92 Å². The van der Waals surface area contributed by atoms with Crippen LogP contribution < -0.4 is 0 Å². The molecule has 66 valence electrons. The van der Waals surface area contributed by atoms with Crippen LogP contribution in [0, 0.1) is 0 Å². The topological polar surface area (TPSA) is 55.8 Å². The van der Waals surface area contributed by atoms with Gasteiger partial charge in [-0.15, -0.1) is 0 Å². The fourth-order valence-corrected chi connectivity index (χ4v) is 0.625. The molecule has 0 spiro atoms. The van der Waals surface area contributed by atoms with Gasteiger partial charge in [0.1, 0.15) is 0 Å². The summed E-state index contributed by atoms with van der Waals surface area (Å²) in [7, 11) is 0. The summed E-state index contributed by atoms with van der Waals surface area (Å²) in [6.45, 7) is 4.00. The molecule has 0 heterocycles. The second-order valence-corrected chi connectivity index (χ2v) is 2.12. The lowest BCUT2D eigenvalue weighted by atomic mass is 10.2. The number of aliphatic carboxylic acids is 1. The van der Waals surface area contributed by atoms with Gasteiger partial charge < -0.3 is 5.11 Å². The average Bonchev–Trinajstić information content (AvgIpc) is 1.97. The molecule has 0 amide bonds. The van der Waals surface area contributed by atoms with Crippen LogP contribution in [0.1, 0.15) is 26.7 Å². The Morgan fingerprint density at radius 1 is 1.55 bits per heavy atom. The lowest BCUT2D eigenvalue weighted by molar-refractivity contribution is -0.317. The Bertz CT molecular complexity index is 113. The molecule has 0 aliphatic rings. The van der Waals surface area contributed by atoms with E-state index in [4.69, 9.17) is 5.11 Å². The predicted molar refractivity (Wildman–Crippen MR) is 39.0 cm³/mol. The largest absolute Gasteiger partial charge is 0.479 e. The summed E-state index contributed by atoms with van der Waals surface area (Å²) in [4.78, 5) is 19.5. The number of rotatable bonds is 6. The molecule has 0 fully saturated rings. The zero-order valence-electron chi connectivity index (χ0n) is 6.87. The van der Waals surface area contributed by atoms with Crippen molar-refractivity contribution in [1.82, 2.24) is 0 Å². The molecule has 0 rings (SSSR count). The van der Waals surface area contributed by atoms with Gasteiger partial charge in [-0.2, -0.15) is 0 Å². The van der Waals surface area contributed by atoms with Crippen LogP contribution >= 0.6 is 0 Å². The Kier molecular flexibility index (Phi) is 5.78. The number of carboxylic acid groups (broad SMARTS) is 1. The molecule has 0 aromatic rings. The van der Waals surface area contributed by atoms with Gasteiger partial charge in [-0.3, -0.25) is 0 Å². The normalized spacial score (nSPS) is 12.9. The van der Waals surface area contributed by atoms with Crippen LogP contribution in [0.5, 0.6) is 0 Å². The highest BCUT2D eigenvalue weighted by molar-refractivity contribution is 5.72. The Labute approximate surface area is 66.0 Å². The molecule has 0 saturated heterocycles. The third-order valence-electron chi connectivity index (χ3n) is 1.13. The van der Waals surface area contributed by atoms with Crippen LogP contribution in [0.2, 0.25) is 0 Å². The van der Waals surface area contributed by atoms with Crippen LogP contribution in [0.15, 0.2) is 0 Å². The molecule has 4 nitrogen and oxygen atoms in total. The number of hydrogen-bond donors (Lipinski definition) is 1. The standard InChI is InChI=1S/C7H14O4/c1-3-5-6(7(8)9)11-10-4-2/h6H,3-5H2,1-2H3,(H,8,9). The maximum Gasteiger partial charge on any atom is 0.336 e. The van der Waals surface area contributed by atoms with Crippen LogP contribution in [-0.2, 0) is 14.6 Å². The van der Waals surface area contributed by atoms with Crippen molar-refractivity contribution in [2.45, 2.75) is 32.8 Å². The van der Waals surface area contributed by atoms with Crippen molar-refractivity contribution in [1.29, 1.82) is 0 Å². The predicted octanol–water partition coefficient (Wildman–Crippen LogP) is 1.21. The van der Waals surface area contributed by atoms with E-state index < -0.39 is 12.1 Å².